The molecule has 0 aliphatic heterocycles. The first-order valence-electron chi connectivity index (χ1n) is 3.95. The first-order chi connectivity index (χ1) is 6.72. The van der Waals surface area contributed by atoms with E-state index in [1.54, 1.807) is 12.1 Å². The van der Waals surface area contributed by atoms with E-state index in [0.717, 1.165) is 10.1 Å². The van der Waals surface area contributed by atoms with E-state index in [-0.39, 0.29) is 12.2 Å². The minimum absolute atomic E-state index is 0.0796. The summed E-state index contributed by atoms with van der Waals surface area (Å²) < 4.78 is 14.9. The second-order valence-corrected chi connectivity index (χ2v) is 4.54. The molecule has 0 radical (unpaired) electrons. The van der Waals surface area contributed by atoms with Gasteiger partial charge in [0.15, 0.2) is 0 Å². The Labute approximate surface area is 89.3 Å². The number of fused-ring (bicyclic) bond motifs is 1. The molecule has 1 nitrogen and oxygen atoms in total. The lowest BCUT2D eigenvalue weighted by molar-refractivity contribution is 0.618. The van der Waals surface area contributed by atoms with Crippen LogP contribution in [0.1, 0.15) is 5.56 Å². The van der Waals surface area contributed by atoms with Crippen LogP contribution < -0.4 is 0 Å². The molecule has 0 saturated heterocycles. The molecule has 2 aromatic rings. The van der Waals surface area contributed by atoms with Crippen LogP contribution in [0, 0.1) is 17.1 Å². The highest BCUT2D eigenvalue weighted by molar-refractivity contribution is 7.22. The van der Waals surface area contributed by atoms with Crippen molar-refractivity contribution in [1.29, 1.82) is 5.26 Å². The first-order valence-corrected chi connectivity index (χ1v) is 5.15. The lowest BCUT2D eigenvalue weighted by Crippen LogP contribution is -1.88. The fourth-order valence-corrected chi connectivity index (χ4v) is 2.54. The third-order valence-electron chi connectivity index (χ3n) is 1.98. The highest BCUT2D eigenvalue weighted by Crippen LogP contribution is 2.32. The smallest absolute Gasteiger partial charge is 0.128 e. The summed E-state index contributed by atoms with van der Waals surface area (Å²) in [4.78, 5) is 0. The van der Waals surface area contributed by atoms with Crippen molar-refractivity contribution < 1.29 is 4.39 Å². The van der Waals surface area contributed by atoms with Crippen LogP contribution in [0.2, 0.25) is 4.34 Å². The lowest BCUT2D eigenvalue weighted by Gasteiger charge is -1.98. The summed E-state index contributed by atoms with van der Waals surface area (Å²) in [5, 5.41) is 9.32. The molecular formula is C10H5ClFNS. The van der Waals surface area contributed by atoms with Crippen molar-refractivity contribution in [2.45, 2.75) is 6.42 Å². The molecule has 0 atom stereocenters. The van der Waals surface area contributed by atoms with Crippen molar-refractivity contribution in [2.24, 2.45) is 0 Å². The van der Waals surface area contributed by atoms with Crippen LogP contribution in [0.5, 0.6) is 0 Å². The first kappa shape index (κ1) is 9.45. The zero-order valence-corrected chi connectivity index (χ0v) is 8.62. The standard InChI is InChI=1S/C10H5ClFNS/c11-10-5-7-6(3-4-13)8(12)1-2-9(7)14-10/h1-2,5H,3H2. The Kier molecular flexibility index (Phi) is 2.40. The normalized spacial score (nSPS) is 10.4. The number of rotatable bonds is 1. The van der Waals surface area contributed by atoms with Gasteiger partial charge in [-0.1, -0.05) is 11.6 Å². The fraction of sp³-hybridized carbons (Fsp3) is 0.100. The van der Waals surface area contributed by atoms with Gasteiger partial charge in [0.25, 0.3) is 0 Å². The number of halogens is 2. The highest BCUT2D eigenvalue weighted by atomic mass is 35.5. The highest BCUT2D eigenvalue weighted by Gasteiger charge is 2.09. The Balaban J connectivity index is 2.76. The molecule has 70 valence electrons. The quantitative estimate of drug-likeness (QED) is 0.725. The molecule has 0 bridgehead atoms. The molecule has 4 heteroatoms. The number of hydrogen-bond acceptors (Lipinski definition) is 2. The van der Waals surface area contributed by atoms with Gasteiger partial charge in [-0.05, 0) is 18.2 Å². The van der Waals surface area contributed by atoms with Crippen LogP contribution in [-0.2, 0) is 6.42 Å². The van der Waals surface area contributed by atoms with Gasteiger partial charge < -0.3 is 0 Å². The van der Waals surface area contributed by atoms with Crippen LogP contribution in [0.25, 0.3) is 10.1 Å². The van der Waals surface area contributed by atoms with Gasteiger partial charge in [0, 0.05) is 15.6 Å². The predicted octanol–water partition coefficient (Wildman–Crippen LogP) is 3.76. The zero-order chi connectivity index (χ0) is 10.1. The second kappa shape index (κ2) is 3.56. The van der Waals surface area contributed by atoms with E-state index in [9.17, 15) is 4.39 Å². The molecular weight excluding hydrogens is 221 g/mol. The van der Waals surface area contributed by atoms with Crippen LogP contribution in [-0.4, -0.2) is 0 Å². The van der Waals surface area contributed by atoms with Gasteiger partial charge >= 0.3 is 0 Å². The molecule has 1 aromatic heterocycles. The van der Waals surface area contributed by atoms with Crippen LogP contribution in [0.15, 0.2) is 18.2 Å². The summed E-state index contributed by atoms with van der Waals surface area (Å²) in [6, 6.07) is 6.71. The summed E-state index contributed by atoms with van der Waals surface area (Å²) in [5.74, 6) is -0.339. The zero-order valence-electron chi connectivity index (χ0n) is 7.05. The molecule has 0 spiro atoms. The average molecular weight is 226 g/mol. The summed E-state index contributed by atoms with van der Waals surface area (Å²) in [6.45, 7) is 0. The molecule has 0 amide bonds. The molecule has 1 aromatic carbocycles. The van der Waals surface area contributed by atoms with Gasteiger partial charge in [-0.2, -0.15) is 5.26 Å². The molecule has 0 saturated carbocycles. The van der Waals surface area contributed by atoms with Crippen molar-refractivity contribution in [1.82, 2.24) is 0 Å². The molecule has 0 N–H and O–H groups in total. The molecule has 1 heterocycles. The SMILES string of the molecule is N#CCc1c(F)ccc2sc(Cl)cc12. The van der Waals surface area contributed by atoms with E-state index in [2.05, 4.69) is 0 Å². The Morgan fingerprint density at radius 2 is 2.29 bits per heavy atom. The largest absolute Gasteiger partial charge is 0.207 e. The van der Waals surface area contributed by atoms with Crippen molar-refractivity contribution in [3.05, 3.63) is 33.9 Å². The summed E-state index contributed by atoms with van der Waals surface area (Å²) in [7, 11) is 0. The topological polar surface area (TPSA) is 23.8 Å². The van der Waals surface area contributed by atoms with E-state index in [4.69, 9.17) is 16.9 Å². The maximum absolute atomic E-state index is 13.3. The number of benzene rings is 1. The van der Waals surface area contributed by atoms with Crippen molar-refractivity contribution >= 4 is 33.0 Å². The summed E-state index contributed by atoms with van der Waals surface area (Å²) in [5.41, 5.74) is 0.438. The monoisotopic (exact) mass is 225 g/mol. The number of nitrogens with zero attached hydrogens (tertiary/aromatic N) is 1. The molecule has 0 aliphatic carbocycles. The van der Waals surface area contributed by atoms with Gasteiger partial charge in [0.1, 0.15) is 5.82 Å². The van der Waals surface area contributed by atoms with E-state index in [1.165, 1.54) is 17.4 Å². The maximum Gasteiger partial charge on any atom is 0.128 e. The fourth-order valence-electron chi connectivity index (χ4n) is 1.37. The van der Waals surface area contributed by atoms with Crippen molar-refractivity contribution in [2.75, 3.05) is 0 Å². The third-order valence-corrected chi connectivity index (χ3v) is 3.21. The minimum Gasteiger partial charge on any atom is -0.207 e. The Hall–Kier alpha value is -1.11. The Morgan fingerprint density at radius 3 is 3.00 bits per heavy atom. The predicted molar refractivity (Wildman–Crippen MR) is 56.1 cm³/mol. The lowest BCUT2D eigenvalue weighted by atomic mass is 10.1. The molecule has 0 fully saturated rings. The van der Waals surface area contributed by atoms with Gasteiger partial charge in [-0.3, -0.25) is 0 Å². The van der Waals surface area contributed by atoms with E-state index in [1.807, 2.05) is 6.07 Å². The maximum atomic E-state index is 13.3. The van der Waals surface area contributed by atoms with E-state index in [0.29, 0.717) is 9.90 Å². The average Bonchev–Trinajstić information content (AvgIpc) is 2.51. The Morgan fingerprint density at radius 1 is 1.50 bits per heavy atom. The van der Waals surface area contributed by atoms with Gasteiger partial charge in [-0.15, -0.1) is 11.3 Å². The van der Waals surface area contributed by atoms with Gasteiger partial charge in [0.05, 0.1) is 16.8 Å². The van der Waals surface area contributed by atoms with Crippen molar-refractivity contribution in [3.8, 4) is 6.07 Å². The molecule has 2 rings (SSSR count). The minimum atomic E-state index is -0.339. The van der Waals surface area contributed by atoms with Crippen LogP contribution in [0.4, 0.5) is 4.39 Å². The van der Waals surface area contributed by atoms with Gasteiger partial charge in [-0.25, -0.2) is 4.39 Å². The van der Waals surface area contributed by atoms with E-state index < -0.39 is 0 Å². The van der Waals surface area contributed by atoms with Gasteiger partial charge in [0.2, 0.25) is 0 Å². The molecule has 0 aliphatic rings. The molecule has 0 unspecified atom stereocenters. The number of nitriles is 1. The second-order valence-electron chi connectivity index (χ2n) is 2.82. The molecule has 14 heavy (non-hydrogen) atoms. The Bertz CT molecular complexity index is 527. The van der Waals surface area contributed by atoms with Crippen molar-refractivity contribution in [3.63, 3.8) is 0 Å². The third kappa shape index (κ3) is 1.47. The summed E-state index contributed by atoms with van der Waals surface area (Å²) in [6.07, 6.45) is 0.0796. The number of hydrogen-bond donors (Lipinski definition) is 0. The number of thiophene rings is 1. The van der Waals surface area contributed by atoms with E-state index >= 15 is 0 Å². The summed E-state index contributed by atoms with van der Waals surface area (Å²) >= 11 is 7.21. The van der Waals surface area contributed by atoms with Crippen LogP contribution >= 0.6 is 22.9 Å². The van der Waals surface area contributed by atoms with Crippen LogP contribution in [0.3, 0.4) is 0 Å².